The van der Waals surface area contributed by atoms with Gasteiger partial charge in [-0.25, -0.2) is 0 Å². The number of fused-ring (bicyclic) bond motifs is 1. The molecule has 0 atom stereocenters. The van der Waals surface area contributed by atoms with E-state index in [1.165, 1.54) is 13.2 Å². The van der Waals surface area contributed by atoms with Crippen LogP contribution in [-0.4, -0.2) is 24.1 Å². The number of nitrogens with zero attached hydrogens (tertiary/aromatic N) is 1. The van der Waals surface area contributed by atoms with Crippen molar-refractivity contribution in [2.24, 2.45) is 0 Å². The van der Waals surface area contributed by atoms with Crippen LogP contribution < -0.4 is 15.6 Å². The number of carbonyl (C=O) groups is 1. The normalized spacial score (nSPS) is 14.2. The molecule has 1 aliphatic rings. The maximum Gasteiger partial charge on any atom is 0.256 e. The van der Waals surface area contributed by atoms with E-state index in [4.69, 9.17) is 4.74 Å². The quantitative estimate of drug-likeness (QED) is 0.846. The van der Waals surface area contributed by atoms with Gasteiger partial charge in [0.1, 0.15) is 11.3 Å². The third-order valence-electron chi connectivity index (χ3n) is 3.94. The molecule has 0 spiro atoms. The van der Waals surface area contributed by atoms with E-state index in [2.05, 4.69) is 12.2 Å². The van der Waals surface area contributed by atoms with Crippen LogP contribution in [0.15, 0.2) is 10.9 Å². The van der Waals surface area contributed by atoms with Crippen LogP contribution in [0.2, 0.25) is 0 Å². The van der Waals surface area contributed by atoms with Crippen molar-refractivity contribution in [3.63, 3.8) is 0 Å². The molecule has 0 aromatic carbocycles. The van der Waals surface area contributed by atoms with Crippen LogP contribution in [-0.2, 0) is 13.0 Å². The Kier molecular flexibility index (Phi) is 5.42. The Morgan fingerprint density at radius 1 is 1.38 bits per heavy atom. The Balaban J connectivity index is 2.42. The summed E-state index contributed by atoms with van der Waals surface area (Å²) in [5.41, 5.74) is 1.29. The summed E-state index contributed by atoms with van der Waals surface area (Å²) in [4.78, 5) is 24.7. The number of unbranched alkanes of at least 4 members (excludes halogenated alkanes) is 1. The second kappa shape index (κ2) is 7.29. The van der Waals surface area contributed by atoms with Crippen LogP contribution >= 0.6 is 0 Å². The Hall–Kier alpha value is -1.78. The van der Waals surface area contributed by atoms with Crippen LogP contribution in [0.3, 0.4) is 0 Å². The summed E-state index contributed by atoms with van der Waals surface area (Å²) < 4.78 is 7.03. The summed E-state index contributed by atoms with van der Waals surface area (Å²) in [5.74, 6) is 0.257. The van der Waals surface area contributed by atoms with Gasteiger partial charge in [0.15, 0.2) is 0 Å². The number of aromatic nitrogens is 1. The lowest BCUT2D eigenvalue weighted by atomic mass is 10.1. The largest absolute Gasteiger partial charge is 0.496 e. The Morgan fingerprint density at radius 2 is 2.19 bits per heavy atom. The third kappa shape index (κ3) is 3.46. The summed E-state index contributed by atoms with van der Waals surface area (Å²) in [6.45, 7) is 3.42. The molecule has 2 rings (SSSR count). The number of methoxy groups -OCH3 is 1. The molecular weight excluding hydrogens is 268 g/mol. The Morgan fingerprint density at radius 3 is 2.90 bits per heavy atom. The van der Waals surface area contributed by atoms with Crippen molar-refractivity contribution < 1.29 is 9.53 Å². The highest BCUT2D eigenvalue weighted by Gasteiger charge is 2.23. The molecule has 0 saturated carbocycles. The average molecular weight is 292 g/mol. The first-order valence-corrected chi connectivity index (χ1v) is 7.78. The predicted molar refractivity (Wildman–Crippen MR) is 82.1 cm³/mol. The van der Waals surface area contributed by atoms with E-state index in [1.54, 1.807) is 4.57 Å². The minimum absolute atomic E-state index is 0.0751. The number of carbonyl (C=O) groups excluding carboxylic acids is 1. The van der Waals surface area contributed by atoms with Gasteiger partial charge in [-0.3, -0.25) is 9.59 Å². The molecule has 1 amide bonds. The molecule has 5 nitrogen and oxygen atoms in total. The maximum absolute atomic E-state index is 12.5. The smallest absolute Gasteiger partial charge is 0.256 e. The number of nitrogens with one attached hydrogen (secondary N) is 1. The van der Waals surface area contributed by atoms with Crippen LogP contribution in [0.25, 0.3) is 0 Å². The zero-order valence-corrected chi connectivity index (χ0v) is 12.9. The monoisotopic (exact) mass is 292 g/mol. The average Bonchev–Trinajstić information content (AvgIpc) is 2.73. The van der Waals surface area contributed by atoms with Crippen molar-refractivity contribution in [2.75, 3.05) is 13.7 Å². The standard InChI is InChI=1S/C16H24N2O3/c1-3-4-9-17-16(20)15-12-8-6-5-7-10-18(12)14(19)11-13(15)21-2/h11H,3-10H2,1-2H3,(H,17,20). The molecule has 5 heteroatoms. The lowest BCUT2D eigenvalue weighted by Gasteiger charge is -2.17. The molecule has 2 heterocycles. The van der Waals surface area contributed by atoms with Crippen LogP contribution in [0.4, 0.5) is 0 Å². The van der Waals surface area contributed by atoms with Gasteiger partial charge in [0.2, 0.25) is 0 Å². The van der Waals surface area contributed by atoms with Gasteiger partial charge in [0, 0.05) is 24.8 Å². The van der Waals surface area contributed by atoms with Crippen molar-refractivity contribution >= 4 is 5.91 Å². The molecule has 1 aliphatic heterocycles. The highest BCUT2D eigenvalue weighted by atomic mass is 16.5. The molecule has 0 radical (unpaired) electrons. The molecule has 0 aliphatic carbocycles. The van der Waals surface area contributed by atoms with Crippen molar-refractivity contribution in [2.45, 2.75) is 52.0 Å². The first kappa shape index (κ1) is 15.6. The Labute approximate surface area is 125 Å². The minimum Gasteiger partial charge on any atom is -0.496 e. The fraction of sp³-hybridized carbons (Fsp3) is 0.625. The van der Waals surface area contributed by atoms with E-state index in [9.17, 15) is 9.59 Å². The first-order valence-electron chi connectivity index (χ1n) is 7.78. The Bertz CT molecular complexity index is 563. The van der Waals surface area contributed by atoms with Crippen molar-refractivity contribution in [1.29, 1.82) is 0 Å². The van der Waals surface area contributed by atoms with Crippen LogP contribution in [0.1, 0.15) is 55.1 Å². The molecule has 0 bridgehead atoms. The highest BCUT2D eigenvalue weighted by Crippen LogP contribution is 2.24. The van der Waals surface area contributed by atoms with Crippen molar-refractivity contribution in [3.8, 4) is 5.75 Å². The first-order chi connectivity index (χ1) is 10.2. The van der Waals surface area contributed by atoms with Gasteiger partial charge in [0.05, 0.1) is 7.11 Å². The highest BCUT2D eigenvalue weighted by molar-refractivity contribution is 5.98. The molecule has 0 unspecified atom stereocenters. The molecule has 0 saturated heterocycles. The number of pyridine rings is 1. The van der Waals surface area contributed by atoms with Gasteiger partial charge in [-0.1, -0.05) is 19.8 Å². The third-order valence-corrected chi connectivity index (χ3v) is 3.94. The summed E-state index contributed by atoms with van der Waals surface area (Å²) in [5, 5.41) is 2.93. The number of rotatable bonds is 5. The number of amides is 1. The number of hydrogen-bond acceptors (Lipinski definition) is 3. The van der Waals surface area contributed by atoms with Gasteiger partial charge >= 0.3 is 0 Å². The second-order valence-electron chi connectivity index (χ2n) is 5.44. The van der Waals surface area contributed by atoms with Gasteiger partial charge in [-0.05, 0) is 25.7 Å². The number of ether oxygens (including phenoxy) is 1. The topological polar surface area (TPSA) is 60.3 Å². The second-order valence-corrected chi connectivity index (χ2v) is 5.44. The molecule has 116 valence electrons. The molecule has 0 fully saturated rings. The predicted octanol–water partition coefficient (Wildman–Crippen LogP) is 2.11. The maximum atomic E-state index is 12.5. The molecule has 1 aromatic rings. The zero-order valence-electron chi connectivity index (χ0n) is 12.9. The van der Waals surface area contributed by atoms with Gasteiger partial charge in [-0.15, -0.1) is 0 Å². The summed E-state index contributed by atoms with van der Waals surface area (Å²) in [6.07, 6.45) is 5.80. The lowest BCUT2D eigenvalue weighted by molar-refractivity contribution is 0.0948. The van der Waals surface area contributed by atoms with E-state index in [0.29, 0.717) is 24.4 Å². The summed E-state index contributed by atoms with van der Waals surface area (Å²) in [7, 11) is 1.51. The summed E-state index contributed by atoms with van der Waals surface area (Å²) in [6, 6.07) is 1.43. The lowest BCUT2D eigenvalue weighted by Crippen LogP contribution is -2.31. The van der Waals surface area contributed by atoms with Gasteiger partial charge in [-0.2, -0.15) is 0 Å². The minimum atomic E-state index is -0.133. The van der Waals surface area contributed by atoms with Gasteiger partial charge in [0.25, 0.3) is 11.5 Å². The molecule has 1 N–H and O–H groups in total. The summed E-state index contributed by atoms with van der Waals surface area (Å²) >= 11 is 0. The van der Waals surface area contributed by atoms with E-state index in [-0.39, 0.29) is 11.5 Å². The van der Waals surface area contributed by atoms with E-state index in [0.717, 1.165) is 44.2 Å². The SMILES string of the molecule is CCCCNC(=O)c1c(OC)cc(=O)n2c1CCCCC2. The van der Waals surface area contributed by atoms with Gasteiger partial charge < -0.3 is 14.6 Å². The fourth-order valence-corrected chi connectivity index (χ4v) is 2.79. The van der Waals surface area contributed by atoms with E-state index < -0.39 is 0 Å². The van der Waals surface area contributed by atoms with E-state index in [1.807, 2.05) is 0 Å². The molecule has 1 aromatic heterocycles. The molecular formula is C16H24N2O3. The fourth-order valence-electron chi connectivity index (χ4n) is 2.79. The van der Waals surface area contributed by atoms with Crippen LogP contribution in [0, 0.1) is 0 Å². The molecule has 21 heavy (non-hydrogen) atoms. The zero-order chi connectivity index (χ0) is 15.2. The van der Waals surface area contributed by atoms with Crippen molar-refractivity contribution in [1.82, 2.24) is 9.88 Å². The van der Waals surface area contributed by atoms with Crippen LogP contribution in [0.5, 0.6) is 5.75 Å². The number of hydrogen-bond donors (Lipinski definition) is 1. The van der Waals surface area contributed by atoms with Crippen molar-refractivity contribution in [3.05, 3.63) is 27.7 Å². The van der Waals surface area contributed by atoms with E-state index >= 15 is 0 Å².